The highest BCUT2D eigenvalue weighted by molar-refractivity contribution is 7.99. The lowest BCUT2D eigenvalue weighted by molar-refractivity contribution is -0.118. The van der Waals surface area contributed by atoms with E-state index in [1.54, 1.807) is 6.92 Å². The molecule has 0 aliphatic rings. The fourth-order valence-electron chi connectivity index (χ4n) is 2.18. The van der Waals surface area contributed by atoms with Crippen LogP contribution in [-0.2, 0) is 16.1 Å². The Bertz CT molecular complexity index is 863. The molecule has 0 aliphatic heterocycles. The van der Waals surface area contributed by atoms with Crippen LogP contribution in [0.5, 0.6) is 0 Å². The second-order valence-corrected chi connectivity index (χ2v) is 6.29. The van der Waals surface area contributed by atoms with Gasteiger partial charge >= 0.3 is 5.97 Å². The van der Waals surface area contributed by atoms with Gasteiger partial charge in [0.25, 0.3) is 5.56 Å². The maximum Gasteiger partial charge on any atom is 0.337 e. The number of amides is 1. The van der Waals surface area contributed by atoms with Gasteiger partial charge in [-0.3, -0.25) is 14.2 Å². The third-order valence-corrected chi connectivity index (χ3v) is 4.38. The highest BCUT2D eigenvalue weighted by Gasteiger charge is 2.16. The maximum atomic E-state index is 12.7. The van der Waals surface area contributed by atoms with E-state index in [9.17, 15) is 19.5 Å². The number of aliphatic hydroxyl groups is 1. The molecule has 1 aromatic heterocycles. The number of carbonyl (C=O) groups excluding carboxylic acids is 2. The molecular formula is C16H19N3O5S. The Morgan fingerprint density at radius 1 is 1.44 bits per heavy atom. The summed E-state index contributed by atoms with van der Waals surface area (Å²) in [6, 6.07) is 4.46. The minimum absolute atomic E-state index is 0.0522. The maximum absolute atomic E-state index is 12.7. The third-order valence-electron chi connectivity index (χ3n) is 3.40. The van der Waals surface area contributed by atoms with Crippen molar-refractivity contribution in [1.82, 2.24) is 14.9 Å². The standard InChI is InChI=1S/C16H19N3O5S/c1-9(20)7-19-14(22)11-5-4-10(15(23)24-3)6-12(11)18-16(19)25-8-13(21)17-2/h4-6,9,20H,7-8H2,1-3H3,(H,17,21)/t9-/m1/s1. The summed E-state index contributed by atoms with van der Waals surface area (Å²) in [5.41, 5.74) is 0.258. The average molecular weight is 365 g/mol. The predicted molar refractivity (Wildman–Crippen MR) is 93.8 cm³/mol. The van der Waals surface area contributed by atoms with E-state index in [2.05, 4.69) is 15.0 Å². The van der Waals surface area contributed by atoms with E-state index >= 15 is 0 Å². The van der Waals surface area contributed by atoms with Gasteiger partial charge in [-0.2, -0.15) is 0 Å². The third kappa shape index (κ3) is 4.37. The Balaban J connectivity index is 2.58. The first-order chi connectivity index (χ1) is 11.9. The van der Waals surface area contributed by atoms with Gasteiger partial charge in [0.05, 0.1) is 42.0 Å². The van der Waals surface area contributed by atoms with E-state index in [1.165, 1.54) is 36.9 Å². The fourth-order valence-corrected chi connectivity index (χ4v) is 3.06. The monoisotopic (exact) mass is 365 g/mol. The van der Waals surface area contributed by atoms with Gasteiger partial charge < -0.3 is 15.2 Å². The number of nitrogens with zero attached hydrogens (tertiary/aromatic N) is 2. The first-order valence-electron chi connectivity index (χ1n) is 7.51. The molecule has 25 heavy (non-hydrogen) atoms. The second-order valence-electron chi connectivity index (χ2n) is 5.34. The second kappa shape index (κ2) is 8.13. The van der Waals surface area contributed by atoms with E-state index < -0.39 is 12.1 Å². The summed E-state index contributed by atoms with van der Waals surface area (Å²) in [4.78, 5) is 40.3. The summed E-state index contributed by atoms with van der Waals surface area (Å²) in [7, 11) is 2.79. The van der Waals surface area contributed by atoms with Gasteiger partial charge in [-0.25, -0.2) is 9.78 Å². The van der Waals surface area contributed by atoms with Crippen molar-refractivity contribution >= 4 is 34.5 Å². The zero-order valence-corrected chi connectivity index (χ0v) is 14.9. The van der Waals surface area contributed by atoms with Crippen LogP contribution < -0.4 is 10.9 Å². The SMILES string of the molecule is CNC(=O)CSc1nc2cc(C(=O)OC)ccc2c(=O)n1C[C@@H](C)O. The summed E-state index contributed by atoms with van der Waals surface area (Å²) in [5.74, 6) is -0.673. The molecule has 1 heterocycles. The lowest BCUT2D eigenvalue weighted by Crippen LogP contribution is -2.28. The molecule has 0 saturated carbocycles. The summed E-state index contributed by atoms with van der Waals surface area (Å²) in [6.45, 7) is 1.61. The zero-order chi connectivity index (χ0) is 18.6. The fraction of sp³-hybridized carbons (Fsp3) is 0.375. The molecule has 0 spiro atoms. The van der Waals surface area contributed by atoms with Gasteiger partial charge in [-0.15, -0.1) is 0 Å². The number of aromatic nitrogens is 2. The van der Waals surface area contributed by atoms with Crippen molar-refractivity contribution in [2.24, 2.45) is 0 Å². The summed E-state index contributed by atoms with van der Waals surface area (Å²) >= 11 is 1.08. The minimum atomic E-state index is -0.759. The van der Waals surface area contributed by atoms with Crippen molar-refractivity contribution in [1.29, 1.82) is 0 Å². The Kier molecular flexibility index (Phi) is 6.16. The molecule has 0 radical (unpaired) electrons. The van der Waals surface area contributed by atoms with Crippen LogP contribution in [0.15, 0.2) is 28.2 Å². The van der Waals surface area contributed by atoms with Gasteiger partial charge in [-0.05, 0) is 25.1 Å². The number of fused-ring (bicyclic) bond motifs is 1. The molecule has 2 rings (SSSR count). The molecule has 0 fully saturated rings. The zero-order valence-electron chi connectivity index (χ0n) is 14.1. The number of benzene rings is 1. The lowest BCUT2D eigenvalue weighted by atomic mass is 10.1. The molecule has 134 valence electrons. The van der Waals surface area contributed by atoms with Gasteiger partial charge in [0.1, 0.15) is 0 Å². The van der Waals surface area contributed by atoms with Gasteiger partial charge in [0.2, 0.25) is 5.91 Å². The quantitative estimate of drug-likeness (QED) is 0.433. The van der Waals surface area contributed by atoms with Crippen LogP contribution in [0, 0.1) is 0 Å². The topological polar surface area (TPSA) is 111 Å². The first-order valence-corrected chi connectivity index (χ1v) is 8.50. The number of ether oxygens (including phenoxy) is 1. The lowest BCUT2D eigenvalue weighted by Gasteiger charge is -2.14. The number of nitrogens with one attached hydrogen (secondary N) is 1. The van der Waals surface area contributed by atoms with Crippen molar-refractivity contribution in [2.75, 3.05) is 19.9 Å². The van der Waals surface area contributed by atoms with Crippen LogP contribution in [0.4, 0.5) is 0 Å². The molecule has 0 bridgehead atoms. The number of hydrogen-bond donors (Lipinski definition) is 2. The number of rotatable bonds is 6. The number of esters is 1. The molecule has 0 unspecified atom stereocenters. The molecule has 2 N–H and O–H groups in total. The van der Waals surface area contributed by atoms with Crippen LogP contribution in [-0.4, -0.2) is 52.5 Å². The van der Waals surface area contributed by atoms with Crippen LogP contribution in [0.2, 0.25) is 0 Å². The molecule has 8 nitrogen and oxygen atoms in total. The summed E-state index contributed by atoms with van der Waals surface area (Å²) < 4.78 is 6.01. The molecule has 1 amide bonds. The van der Waals surface area contributed by atoms with Gasteiger partial charge in [0, 0.05) is 7.05 Å². The van der Waals surface area contributed by atoms with E-state index in [1.807, 2.05) is 0 Å². The molecule has 1 aromatic carbocycles. The van der Waals surface area contributed by atoms with E-state index in [0.717, 1.165) is 11.8 Å². The molecule has 2 aromatic rings. The highest BCUT2D eigenvalue weighted by atomic mass is 32.2. The summed E-state index contributed by atoms with van der Waals surface area (Å²) in [5, 5.41) is 12.8. The van der Waals surface area contributed by atoms with E-state index in [0.29, 0.717) is 16.1 Å². The van der Waals surface area contributed by atoms with Crippen molar-refractivity contribution in [3.63, 3.8) is 0 Å². The Morgan fingerprint density at radius 2 is 2.16 bits per heavy atom. The molecule has 0 saturated heterocycles. The highest BCUT2D eigenvalue weighted by Crippen LogP contribution is 2.19. The largest absolute Gasteiger partial charge is 0.465 e. The van der Waals surface area contributed by atoms with Crippen LogP contribution in [0.3, 0.4) is 0 Å². The molecule has 1 atom stereocenters. The van der Waals surface area contributed by atoms with Crippen LogP contribution >= 0.6 is 11.8 Å². The first kappa shape index (κ1) is 18.9. The Labute approximate surface area is 148 Å². The predicted octanol–water partition coefficient (Wildman–Crippen LogP) is 0.402. The number of methoxy groups -OCH3 is 1. The van der Waals surface area contributed by atoms with Crippen molar-refractivity contribution in [3.05, 3.63) is 34.1 Å². The van der Waals surface area contributed by atoms with Gasteiger partial charge in [-0.1, -0.05) is 11.8 Å². The van der Waals surface area contributed by atoms with Crippen LogP contribution in [0.25, 0.3) is 10.9 Å². The molecule has 0 aliphatic carbocycles. The Hall–Kier alpha value is -2.39. The van der Waals surface area contributed by atoms with Crippen molar-refractivity contribution in [3.8, 4) is 0 Å². The number of carbonyl (C=O) groups is 2. The van der Waals surface area contributed by atoms with Gasteiger partial charge in [0.15, 0.2) is 5.16 Å². The smallest absolute Gasteiger partial charge is 0.337 e. The van der Waals surface area contributed by atoms with E-state index in [4.69, 9.17) is 0 Å². The molecular weight excluding hydrogens is 346 g/mol. The number of thioether (sulfide) groups is 1. The number of hydrogen-bond acceptors (Lipinski definition) is 7. The minimum Gasteiger partial charge on any atom is -0.465 e. The normalized spacial score (nSPS) is 12.0. The number of aliphatic hydroxyl groups excluding tert-OH is 1. The summed E-state index contributed by atoms with van der Waals surface area (Å²) in [6.07, 6.45) is -0.759. The van der Waals surface area contributed by atoms with E-state index in [-0.39, 0.29) is 29.3 Å². The Morgan fingerprint density at radius 3 is 2.76 bits per heavy atom. The molecule has 9 heteroatoms. The van der Waals surface area contributed by atoms with Crippen LogP contribution in [0.1, 0.15) is 17.3 Å². The van der Waals surface area contributed by atoms with Crippen molar-refractivity contribution < 1.29 is 19.4 Å². The average Bonchev–Trinajstić information content (AvgIpc) is 2.60. The van der Waals surface area contributed by atoms with Crippen molar-refractivity contribution in [2.45, 2.75) is 24.7 Å².